The second-order valence-electron chi connectivity index (χ2n) is 2.37. The molecule has 0 aromatic carbocycles. The van der Waals surface area contributed by atoms with Crippen molar-refractivity contribution in [1.82, 2.24) is 9.97 Å². The van der Waals surface area contributed by atoms with Gasteiger partial charge in [0, 0.05) is 12.4 Å². The summed E-state index contributed by atoms with van der Waals surface area (Å²) in [5, 5.41) is 6.14. The van der Waals surface area contributed by atoms with Gasteiger partial charge in [0.2, 0.25) is 0 Å². The van der Waals surface area contributed by atoms with Gasteiger partial charge in [-0.25, -0.2) is 9.97 Å². The molecule has 3 nitrogen and oxygen atoms in total. The zero-order chi connectivity index (χ0) is 10.1. The van der Waals surface area contributed by atoms with Gasteiger partial charge in [0.05, 0.1) is 10.6 Å². The minimum Gasteiger partial charge on any atom is -0.365 e. The second-order valence-corrected chi connectivity index (χ2v) is 5.17. The smallest absolute Gasteiger partial charge is 0.185 e. The minimum absolute atomic E-state index is 0.410. The summed E-state index contributed by atoms with van der Waals surface area (Å²) in [6.45, 7) is 0. The van der Waals surface area contributed by atoms with Gasteiger partial charge in [-0.2, -0.15) is 0 Å². The largest absolute Gasteiger partial charge is 0.365 e. The van der Waals surface area contributed by atoms with Crippen molar-refractivity contribution in [3.63, 3.8) is 0 Å². The van der Waals surface area contributed by atoms with Gasteiger partial charge in [-0.1, -0.05) is 34.5 Å². The lowest BCUT2D eigenvalue weighted by Crippen LogP contribution is -1.85. The van der Waals surface area contributed by atoms with Crippen LogP contribution in [0, 0.1) is 0 Å². The number of rotatable bonds is 2. The number of halogens is 2. The van der Waals surface area contributed by atoms with Crippen LogP contribution in [0.15, 0.2) is 5.38 Å². The maximum Gasteiger partial charge on any atom is 0.185 e. The van der Waals surface area contributed by atoms with Gasteiger partial charge in [-0.3, -0.25) is 0 Å². The molecule has 0 aliphatic heterocycles. The second kappa shape index (κ2) is 4.02. The van der Waals surface area contributed by atoms with Crippen molar-refractivity contribution in [2.75, 3.05) is 12.4 Å². The Morgan fingerprint density at radius 2 is 2.14 bits per heavy atom. The van der Waals surface area contributed by atoms with Crippen LogP contribution in [0.4, 0.5) is 5.13 Å². The number of hydrogen-bond donors (Lipinski definition) is 1. The highest BCUT2D eigenvalue weighted by Crippen LogP contribution is 2.36. The highest BCUT2D eigenvalue weighted by Gasteiger charge is 2.12. The van der Waals surface area contributed by atoms with Crippen LogP contribution >= 0.6 is 45.9 Å². The normalized spacial score (nSPS) is 10.5. The van der Waals surface area contributed by atoms with Crippen LogP contribution in [-0.4, -0.2) is 17.0 Å². The van der Waals surface area contributed by atoms with Crippen LogP contribution in [0.2, 0.25) is 9.62 Å². The number of nitrogens with zero attached hydrogens (tertiary/aromatic N) is 2. The van der Waals surface area contributed by atoms with E-state index in [0.29, 0.717) is 9.62 Å². The lowest BCUT2D eigenvalue weighted by atomic mass is 10.4. The molecule has 0 amide bonds. The molecule has 0 bridgehead atoms. The SMILES string of the molecule is CNc1nc(-c2sc(Cl)nc2Cl)cs1. The van der Waals surface area contributed by atoms with E-state index in [0.717, 1.165) is 15.7 Å². The predicted octanol–water partition coefficient (Wildman–Crippen LogP) is 3.62. The molecule has 0 radical (unpaired) electrons. The zero-order valence-electron chi connectivity index (χ0n) is 7.04. The van der Waals surface area contributed by atoms with Gasteiger partial charge >= 0.3 is 0 Å². The molecule has 2 rings (SSSR count). The van der Waals surface area contributed by atoms with E-state index < -0.39 is 0 Å². The quantitative estimate of drug-likeness (QED) is 0.902. The molecular formula is C7H5Cl2N3S2. The van der Waals surface area contributed by atoms with Crippen LogP contribution in [0.1, 0.15) is 0 Å². The summed E-state index contributed by atoms with van der Waals surface area (Å²) in [7, 11) is 1.82. The van der Waals surface area contributed by atoms with Crippen molar-refractivity contribution < 1.29 is 0 Å². The summed E-state index contributed by atoms with van der Waals surface area (Å²) >= 11 is 14.5. The van der Waals surface area contributed by atoms with Crippen molar-refractivity contribution in [1.29, 1.82) is 0 Å². The Balaban J connectivity index is 2.43. The summed E-state index contributed by atoms with van der Waals surface area (Å²) in [4.78, 5) is 9.04. The Morgan fingerprint density at radius 1 is 1.36 bits per heavy atom. The molecule has 2 heterocycles. The van der Waals surface area contributed by atoms with Crippen LogP contribution < -0.4 is 5.32 Å². The van der Waals surface area contributed by atoms with E-state index in [1.807, 2.05) is 12.4 Å². The van der Waals surface area contributed by atoms with E-state index in [1.165, 1.54) is 22.7 Å². The molecule has 0 aliphatic carbocycles. The topological polar surface area (TPSA) is 37.8 Å². The Kier molecular flexibility index (Phi) is 2.92. The van der Waals surface area contributed by atoms with Crippen molar-refractivity contribution >= 4 is 51.0 Å². The third-order valence-electron chi connectivity index (χ3n) is 1.51. The molecule has 0 saturated carbocycles. The fourth-order valence-corrected chi connectivity index (χ4v) is 3.02. The third kappa shape index (κ3) is 1.86. The Bertz CT molecular complexity index is 451. The Morgan fingerprint density at radius 3 is 2.64 bits per heavy atom. The first kappa shape index (κ1) is 10.2. The summed E-state index contributed by atoms with van der Waals surface area (Å²) in [6, 6.07) is 0. The maximum absolute atomic E-state index is 5.89. The van der Waals surface area contributed by atoms with Gasteiger partial charge in [-0.15, -0.1) is 11.3 Å². The molecule has 2 aromatic heterocycles. The van der Waals surface area contributed by atoms with E-state index in [-0.39, 0.29) is 0 Å². The average molecular weight is 266 g/mol. The van der Waals surface area contributed by atoms with Crippen molar-refractivity contribution in [2.24, 2.45) is 0 Å². The summed E-state index contributed by atoms with van der Waals surface area (Å²) in [6.07, 6.45) is 0. The van der Waals surface area contributed by atoms with E-state index in [9.17, 15) is 0 Å². The van der Waals surface area contributed by atoms with Crippen LogP contribution in [0.3, 0.4) is 0 Å². The maximum atomic E-state index is 5.89. The first-order valence-corrected chi connectivity index (χ1v) is 6.11. The molecule has 2 aromatic rings. The minimum atomic E-state index is 0.410. The summed E-state index contributed by atoms with van der Waals surface area (Å²) < 4.78 is 0.434. The highest BCUT2D eigenvalue weighted by atomic mass is 35.5. The molecule has 0 unspecified atom stereocenters. The Hall–Kier alpha value is -0.360. The molecule has 0 spiro atoms. The fraction of sp³-hybridized carbons (Fsp3) is 0.143. The molecule has 1 N–H and O–H groups in total. The number of hydrogen-bond acceptors (Lipinski definition) is 5. The number of anilines is 1. The molecule has 0 saturated heterocycles. The van der Waals surface area contributed by atoms with Gasteiger partial charge < -0.3 is 5.32 Å². The number of thiazole rings is 2. The zero-order valence-corrected chi connectivity index (χ0v) is 10.2. The molecule has 74 valence electrons. The van der Waals surface area contributed by atoms with Crippen molar-refractivity contribution in [2.45, 2.75) is 0 Å². The van der Waals surface area contributed by atoms with E-state index >= 15 is 0 Å². The molecule has 7 heteroatoms. The number of aromatic nitrogens is 2. The molecule has 14 heavy (non-hydrogen) atoms. The van der Waals surface area contributed by atoms with Gasteiger partial charge in [0.1, 0.15) is 0 Å². The number of nitrogens with one attached hydrogen (secondary N) is 1. The van der Waals surface area contributed by atoms with E-state index in [1.54, 1.807) is 0 Å². The van der Waals surface area contributed by atoms with Gasteiger partial charge in [0.15, 0.2) is 14.8 Å². The summed E-state index contributed by atoms with van der Waals surface area (Å²) in [5.41, 5.74) is 0.814. The molecule has 0 fully saturated rings. The van der Waals surface area contributed by atoms with Crippen molar-refractivity contribution in [3.05, 3.63) is 15.0 Å². The van der Waals surface area contributed by atoms with Crippen LogP contribution in [0.5, 0.6) is 0 Å². The predicted molar refractivity (Wildman–Crippen MR) is 62.8 cm³/mol. The first-order chi connectivity index (χ1) is 6.70. The Labute approximate surface area is 98.7 Å². The standard InChI is InChI=1S/C7H5Cl2N3S2/c1-10-7-11-3(2-13-7)4-5(8)12-6(9)14-4/h2H,1H3,(H,10,11). The third-order valence-corrected chi connectivity index (χ3v) is 3.94. The first-order valence-electron chi connectivity index (χ1n) is 3.66. The highest BCUT2D eigenvalue weighted by molar-refractivity contribution is 7.20. The van der Waals surface area contributed by atoms with E-state index in [4.69, 9.17) is 23.2 Å². The van der Waals surface area contributed by atoms with E-state index in [2.05, 4.69) is 15.3 Å². The van der Waals surface area contributed by atoms with Crippen LogP contribution in [-0.2, 0) is 0 Å². The van der Waals surface area contributed by atoms with Gasteiger partial charge in [0.25, 0.3) is 0 Å². The van der Waals surface area contributed by atoms with Gasteiger partial charge in [-0.05, 0) is 0 Å². The molecular weight excluding hydrogens is 261 g/mol. The lowest BCUT2D eigenvalue weighted by molar-refractivity contribution is 1.36. The lowest BCUT2D eigenvalue weighted by Gasteiger charge is -1.90. The van der Waals surface area contributed by atoms with Crippen LogP contribution in [0.25, 0.3) is 10.6 Å². The fourth-order valence-electron chi connectivity index (χ4n) is 0.928. The monoisotopic (exact) mass is 265 g/mol. The average Bonchev–Trinajstić information content (AvgIpc) is 2.71. The summed E-state index contributed by atoms with van der Waals surface area (Å²) in [5.74, 6) is 0. The molecule has 0 aliphatic rings. The molecule has 0 atom stereocenters. The van der Waals surface area contributed by atoms with Crippen molar-refractivity contribution in [3.8, 4) is 10.6 Å².